The number of nitrogens with one attached hydrogen (secondary N) is 1. The number of carboxylic acids is 1. The first-order valence-electron chi connectivity index (χ1n) is 11.5. The normalized spacial score (nSPS) is 15.8. The van der Waals surface area contributed by atoms with E-state index in [0.29, 0.717) is 0 Å². The standard InChI is InChI=1S/C24H34N2O6/c1-2-3-4-5-6-7-8-11-16-32-21(27)17-20-22(28)25-14-15-26(20)23(29)18-12-9-10-13-19(18)24(30)31/h9-10,12-13,20H,2-8,11,14-17H2,1H3,(H,25,28)(H,30,31). The smallest absolute Gasteiger partial charge is 0.336 e. The van der Waals surface area contributed by atoms with Crippen LogP contribution in [0, 0.1) is 0 Å². The fourth-order valence-electron chi connectivity index (χ4n) is 3.81. The van der Waals surface area contributed by atoms with Crippen molar-refractivity contribution in [2.45, 2.75) is 70.8 Å². The Morgan fingerprint density at radius 2 is 1.66 bits per heavy atom. The molecule has 1 fully saturated rings. The van der Waals surface area contributed by atoms with Gasteiger partial charge in [0.05, 0.1) is 24.2 Å². The van der Waals surface area contributed by atoms with Crippen molar-refractivity contribution in [3.8, 4) is 0 Å². The van der Waals surface area contributed by atoms with Crippen LogP contribution in [0.5, 0.6) is 0 Å². The third-order valence-corrected chi connectivity index (χ3v) is 5.60. The van der Waals surface area contributed by atoms with Crippen molar-refractivity contribution in [3.63, 3.8) is 0 Å². The highest BCUT2D eigenvalue weighted by Crippen LogP contribution is 2.18. The highest BCUT2D eigenvalue weighted by molar-refractivity contribution is 6.06. The molecule has 0 bridgehead atoms. The number of piperazine rings is 1. The molecule has 1 aliphatic heterocycles. The van der Waals surface area contributed by atoms with Crippen LogP contribution >= 0.6 is 0 Å². The summed E-state index contributed by atoms with van der Waals surface area (Å²) in [5.74, 6) is -2.80. The molecular formula is C24H34N2O6. The Morgan fingerprint density at radius 3 is 2.31 bits per heavy atom. The van der Waals surface area contributed by atoms with Gasteiger partial charge < -0.3 is 20.1 Å². The van der Waals surface area contributed by atoms with Gasteiger partial charge in [0.1, 0.15) is 6.04 Å². The number of hydrogen-bond acceptors (Lipinski definition) is 5. The summed E-state index contributed by atoms with van der Waals surface area (Å²) in [6.45, 7) is 2.91. The molecule has 0 aliphatic carbocycles. The van der Waals surface area contributed by atoms with Crippen LogP contribution in [0.4, 0.5) is 0 Å². The Labute approximate surface area is 189 Å². The van der Waals surface area contributed by atoms with E-state index in [-0.39, 0.29) is 37.2 Å². The molecule has 1 atom stereocenters. The molecule has 0 radical (unpaired) electrons. The largest absolute Gasteiger partial charge is 0.478 e. The van der Waals surface area contributed by atoms with Crippen LogP contribution in [-0.2, 0) is 14.3 Å². The van der Waals surface area contributed by atoms with Crippen molar-refractivity contribution in [2.24, 2.45) is 0 Å². The SMILES string of the molecule is CCCCCCCCCCOC(=O)CC1C(=O)NCCN1C(=O)c1ccccc1C(=O)O. The lowest BCUT2D eigenvalue weighted by Gasteiger charge is -2.34. The van der Waals surface area contributed by atoms with E-state index in [9.17, 15) is 24.3 Å². The van der Waals surface area contributed by atoms with Gasteiger partial charge >= 0.3 is 11.9 Å². The Balaban J connectivity index is 1.86. The first-order valence-corrected chi connectivity index (χ1v) is 11.5. The predicted octanol–water partition coefficient (Wildman–Crippen LogP) is 3.40. The lowest BCUT2D eigenvalue weighted by atomic mass is 10.0. The summed E-state index contributed by atoms with van der Waals surface area (Å²) >= 11 is 0. The zero-order valence-corrected chi connectivity index (χ0v) is 18.8. The number of hydrogen-bond donors (Lipinski definition) is 2. The summed E-state index contributed by atoms with van der Waals surface area (Å²) in [5, 5.41) is 12.0. The van der Waals surface area contributed by atoms with Crippen molar-refractivity contribution in [3.05, 3.63) is 35.4 Å². The zero-order chi connectivity index (χ0) is 23.3. The number of nitrogens with zero attached hydrogens (tertiary/aromatic N) is 1. The molecule has 2 amide bonds. The number of rotatable bonds is 13. The first kappa shape index (κ1) is 25.4. The molecule has 0 saturated carbocycles. The molecule has 1 aromatic rings. The molecule has 0 spiro atoms. The predicted molar refractivity (Wildman–Crippen MR) is 119 cm³/mol. The number of ether oxygens (including phenoxy) is 1. The van der Waals surface area contributed by atoms with Gasteiger partial charge in [-0.3, -0.25) is 14.4 Å². The van der Waals surface area contributed by atoms with Crippen molar-refractivity contribution in [1.82, 2.24) is 10.2 Å². The van der Waals surface area contributed by atoms with Crippen LogP contribution in [-0.4, -0.2) is 59.5 Å². The summed E-state index contributed by atoms with van der Waals surface area (Å²) < 4.78 is 5.28. The second kappa shape index (κ2) is 13.5. The molecular weight excluding hydrogens is 412 g/mol. The number of benzene rings is 1. The number of carbonyl (C=O) groups excluding carboxylic acids is 3. The zero-order valence-electron chi connectivity index (χ0n) is 18.8. The van der Waals surface area contributed by atoms with E-state index in [1.807, 2.05) is 0 Å². The van der Waals surface area contributed by atoms with Gasteiger partial charge in [-0.05, 0) is 18.6 Å². The molecule has 0 aromatic heterocycles. The summed E-state index contributed by atoms with van der Waals surface area (Å²) in [6, 6.07) is 4.83. The molecule has 1 aliphatic rings. The maximum atomic E-state index is 13.0. The summed E-state index contributed by atoms with van der Waals surface area (Å²) in [5.41, 5.74) is -0.147. The molecule has 8 nitrogen and oxygen atoms in total. The van der Waals surface area contributed by atoms with Crippen LogP contribution in [0.15, 0.2) is 24.3 Å². The van der Waals surface area contributed by atoms with E-state index in [0.717, 1.165) is 19.3 Å². The number of esters is 1. The van der Waals surface area contributed by atoms with Gasteiger partial charge in [0, 0.05) is 13.1 Å². The van der Waals surface area contributed by atoms with Gasteiger partial charge in [0.2, 0.25) is 5.91 Å². The van der Waals surface area contributed by atoms with Crippen LogP contribution in [0.25, 0.3) is 0 Å². The topological polar surface area (TPSA) is 113 Å². The number of carbonyl (C=O) groups is 4. The minimum atomic E-state index is -1.23. The molecule has 1 aromatic carbocycles. The number of aromatic carboxylic acids is 1. The Hall–Kier alpha value is -2.90. The fourth-order valence-corrected chi connectivity index (χ4v) is 3.81. The van der Waals surface area contributed by atoms with Crippen molar-refractivity contribution in [2.75, 3.05) is 19.7 Å². The highest BCUT2D eigenvalue weighted by Gasteiger charge is 2.36. The molecule has 1 saturated heterocycles. The monoisotopic (exact) mass is 446 g/mol. The van der Waals surface area contributed by atoms with Crippen molar-refractivity contribution < 1.29 is 29.0 Å². The molecule has 2 rings (SSSR count). The van der Waals surface area contributed by atoms with E-state index in [1.165, 1.54) is 55.2 Å². The average molecular weight is 447 g/mol. The Kier molecular flexibility index (Phi) is 10.7. The molecule has 8 heteroatoms. The number of unbranched alkanes of at least 4 members (excludes halogenated alkanes) is 7. The Bertz CT molecular complexity index is 794. The van der Waals surface area contributed by atoms with E-state index in [2.05, 4.69) is 12.2 Å². The van der Waals surface area contributed by atoms with E-state index < -0.39 is 29.8 Å². The van der Waals surface area contributed by atoms with Crippen LogP contribution in [0.3, 0.4) is 0 Å². The van der Waals surface area contributed by atoms with Crippen LogP contribution < -0.4 is 5.32 Å². The van der Waals surface area contributed by atoms with Gasteiger partial charge in [-0.25, -0.2) is 4.79 Å². The molecule has 1 unspecified atom stereocenters. The Morgan fingerprint density at radius 1 is 1.03 bits per heavy atom. The summed E-state index contributed by atoms with van der Waals surface area (Å²) in [6.07, 6.45) is 8.79. The van der Waals surface area contributed by atoms with Gasteiger partial charge in [-0.15, -0.1) is 0 Å². The van der Waals surface area contributed by atoms with E-state index in [4.69, 9.17) is 4.74 Å². The third-order valence-electron chi connectivity index (χ3n) is 5.60. The minimum absolute atomic E-state index is 0.00740. The quantitative estimate of drug-likeness (QED) is 0.355. The number of amides is 2. The molecule has 176 valence electrons. The minimum Gasteiger partial charge on any atom is -0.478 e. The summed E-state index contributed by atoms with van der Waals surface area (Å²) in [4.78, 5) is 50.4. The second-order valence-corrected chi connectivity index (χ2v) is 8.06. The lowest BCUT2D eigenvalue weighted by Crippen LogP contribution is -2.58. The first-order chi connectivity index (χ1) is 15.5. The number of carboxylic acid groups (broad SMARTS) is 1. The third kappa shape index (κ3) is 7.66. The second-order valence-electron chi connectivity index (χ2n) is 8.06. The molecule has 32 heavy (non-hydrogen) atoms. The van der Waals surface area contributed by atoms with Crippen molar-refractivity contribution in [1.29, 1.82) is 0 Å². The van der Waals surface area contributed by atoms with Gasteiger partial charge in [0.15, 0.2) is 0 Å². The summed E-state index contributed by atoms with van der Waals surface area (Å²) in [7, 11) is 0. The molecule has 2 N–H and O–H groups in total. The maximum Gasteiger partial charge on any atom is 0.336 e. The molecule has 1 heterocycles. The van der Waals surface area contributed by atoms with E-state index in [1.54, 1.807) is 6.07 Å². The van der Waals surface area contributed by atoms with Crippen molar-refractivity contribution >= 4 is 23.8 Å². The average Bonchev–Trinajstić information content (AvgIpc) is 2.78. The highest BCUT2D eigenvalue weighted by atomic mass is 16.5. The lowest BCUT2D eigenvalue weighted by molar-refractivity contribution is -0.147. The fraction of sp³-hybridized carbons (Fsp3) is 0.583. The van der Waals surface area contributed by atoms with Gasteiger partial charge in [-0.2, -0.15) is 0 Å². The van der Waals surface area contributed by atoms with E-state index >= 15 is 0 Å². The van der Waals surface area contributed by atoms with Gasteiger partial charge in [-0.1, -0.05) is 64.0 Å². The maximum absolute atomic E-state index is 13.0. The van der Waals surface area contributed by atoms with Crippen LogP contribution in [0.1, 0.15) is 85.4 Å². The van der Waals surface area contributed by atoms with Crippen LogP contribution in [0.2, 0.25) is 0 Å². The van der Waals surface area contributed by atoms with Gasteiger partial charge in [0.25, 0.3) is 5.91 Å².